The van der Waals surface area contributed by atoms with Crippen molar-refractivity contribution < 1.29 is 18.3 Å². The molecule has 5 nitrogen and oxygen atoms in total. The summed E-state index contributed by atoms with van der Waals surface area (Å²) in [5.41, 5.74) is 0.608. The third-order valence-electron chi connectivity index (χ3n) is 3.15. The van der Waals surface area contributed by atoms with Crippen LogP contribution in [0.4, 0.5) is 5.69 Å². The summed E-state index contributed by atoms with van der Waals surface area (Å²) in [6.45, 7) is 2.33. The Bertz CT molecular complexity index is 561. The van der Waals surface area contributed by atoms with Crippen LogP contribution in [0.3, 0.4) is 0 Å². The second-order valence-electron chi connectivity index (χ2n) is 4.31. The number of hydrogen-bond acceptors (Lipinski definition) is 4. The fourth-order valence-corrected chi connectivity index (χ4v) is 3.08. The van der Waals surface area contributed by atoms with Crippen LogP contribution in [-0.2, 0) is 14.6 Å². The van der Waals surface area contributed by atoms with E-state index < -0.39 is 21.7 Å². The number of para-hydroxylation sites is 1. The monoisotopic (exact) mass is 269 g/mol. The molecule has 2 rings (SSSR count). The van der Waals surface area contributed by atoms with Crippen molar-refractivity contribution in [1.29, 1.82) is 0 Å². The molecule has 0 amide bonds. The van der Waals surface area contributed by atoms with E-state index in [1.54, 1.807) is 36.1 Å². The number of hydrogen-bond donors (Lipinski definition) is 1. The molecule has 1 aliphatic heterocycles. The predicted molar refractivity (Wildman–Crippen MR) is 67.5 cm³/mol. The fourth-order valence-electron chi connectivity index (χ4n) is 1.97. The molecule has 0 bridgehead atoms. The maximum Gasteiger partial charge on any atom is 0.310 e. The molecule has 0 spiro atoms. The van der Waals surface area contributed by atoms with Gasteiger partial charge in [-0.1, -0.05) is 19.1 Å². The highest BCUT2D eigenvalue weighted by Crippen LogP contribution is 2.31. The van der Waals surface area contributed by atoms with Crippen LogP contribution in [0.15, 0.2) is 29.2 Å². The second kappa shape index (κ2) is 4.61. The van der Waals surface area contributed by atoms with E-state index in [1.165, 1.54) is 0 Å². The summed E-state index contributed by atoms with van der Waals surface area (Å²) in [6, 6.07) is 6.74. The average Bonchev–Trinajstić information content (AvgIpc) is 2.27. The molecule has 0 atom stereocenters. The van der Waals surface area contributed by atoms with Gasteiger partial charge in [-0.3, -0.25) is 4.79 Å². The molecule has 1 aromatic rings. The first-order valence-electron chi connectivity index (χ1n) is 5.75. The highest BCUT2D eigenvalue weighted by Gasteiger charge is 2.34. The Hall–Kier alpha value is -1.56. The summed E-state index contributed by atoms with van der Waals surface area (Å²) in [6.07, 6.45) is 0. The molecule has 1 fully saturated rings. The molecule has 1 heterocycles. The van der Waals surface area contributed by atoms with Crippen LogP contribution >= 0.6 is 0 Å². The molecule has 0 radical (unpaired) electrons. The van der Waals surface area contributed by atoms with E-state index in [0.717, 1.165) is 0 Å². The van der Waals surface area contributed by atoms with Gasteiger partial charge in [-0.05, 0) is 12.1 Å². The standard InChI is InChI=1S/C12H15NO4S/c1-2-18(16,17)11-6-4-3-5-10(11)13-7-9(8-13)12(14)15/h3-6,9H,2,7-8H2,1H3,(H,14,15). The lowest BCUT2D eigenvalue weighted by Gasteiger charge is -2.39. The molecule has 18 heavy (non-hydrogen) atoms. The van der Waals surface area contributed by atoms with Crippen molar-refractivity contribution in [3.8, 4) is 0 Å². The summed E-state index contributed by atoms with van der Waals surface area (Å²) in [4.78, 5) is 12.8. The van der Waals surface area contributed by atoms with E-state index in [1.807, 2.05) is 0 Å². The Morgan fingerprint density at radius 1 is 1.39 bits per heavy atom. The first kappa shape index (κ1) is 12.9. The molecule has 98 valence electrons. The van der Waals surface area contributed by atoms with Gasteiger partial charge in [-0.15, -0.1) is 0 Å². The number of carboxylic acid groups (broad SMARTS) is 1. The van der Waals surface area contributed by atoms with Crippen molar-refractivity contribution in [2.45, 2.75) is 11.8 Å². The third-order valence-corrected chi connectivity index (χ3v) is 4.93. The van der Waals surface area contributed by atoms with Gasteiger partial charge in [0.1, 0.15) is 0 Å². The SMILES string of the molecule is CCS(=O)(=O)c1ccccc1N1CC(C(=O)O)C1. The summed E-state index contributed by atoms with van der Waals surface area (Å²) in [7, 11) is -3.28. The third kappa shape index (κ3) is 2.20. The minimum absolute atomic E-state index is 0.0419. The van der Waals surface area contributed by atoms with Crippen LogP contribution in [0.2, 0.25) is 0 Å². The summed E-state index contributed by atoms with van der Waals surface area (Å²) >= 11 is 0. The van der Waals surface area contributed by atoms with Crippen LogP contribution in [0, 0.1) is 5.92 Å². The summed E-state index contributed by atoms with van der Waals surface area (Å²) in [5, 5.41) is 8.83. The summed E-state index contributed by atoms with van der Waals surface area (Å²) in [5.74, 6) is -1.19. The van der Waals surface area contributed by atoms with E-state index in [2.05, 4.69) is 0 Å². The molecule has 6 heteroatoms. The van der Waals surface area contributed by atoms with Gasteiger partial charge < -0.3 is 10.0 Å². The number of anilines is 1. The topological polar surface area (TPSA) is 74.7 Å². The number of nitrogens with zero attached hydrogens (tertiary/aromatic N) is 1. The zero-order valence-corrected chi connectivity index (χ0v) is 10.9. The zero-order chi connectivity index (χ0) is 13.3. The number of carboxylic acids is 1. The van der Waals surface area contributed by atoms with E-state index in [0.29, 0.717) is 18.8 Å². The normalized spacial score (nSPS) is 16.4. The molecule has 1 aliphatic rings. The lowest BCUT2D eigenvalue weighted by Crippen LogP contribution is -2.50. The van der Waals surface area contributed by atoms with Gasteiger partial charge in [0, 0.05) is 13.1 Å². The molecule has 0 unspecified atom stereocenters. The number of aliphatic carboxylic acids is 1. The van der Waals surface area contributed by atoms with Crippen LogP contribution < -0.4 is 4.90 Å². The Balaban J connectivity index is 2.28. The molecular weight excluding hydrogens is 254 g/mol. The smallest absolute Gasteiger partial charge is 0.310 e. The number of rotatable bonds is 4. The maximum atomic E-state index is 11.9. The van der Waals surface area contributed by atoms with Crippen molar-refractivity contribution in [2.75, 3.05) is 23.7 Å². The Morgan fingerprint density at radius 2 is 2.00 bits per heavy atom. The molecule has 0 aliphatic carbocycles. The molecule has 0 aromatic heterocycles. The van der Waals surface area contributed by atoms with Gasteiger partial charge in [0.25, 0.3) is 0 Å². The Labute approximate surface area is 106 Å². The lowest BCUT2D eigenvalue weighted by molar-refractivity contribution is -0.142. The quantitative estimate of drug-likeness (QED) is 0.882. The van der Waals surface area contributed by atoms with Crippen molar-refractivity contribution in [2.24, 2.45) is 5.92 Å². The van der Waals surface area contributed by atoms with E-state index >= 15 is 0 Å². The average molecular weight is 269 g/mol. The van der Waals surface area contributed by atoms with Crippen molar-refractivity contribution in [3.05, 3.63) is 24.3 Å². The van der Waals surface area contributed by atoms with Gasteiger partial charge in [0.15, 0.2) is 9.84 Å². The van der Waals surface area contributed by atoms with Gasteiger partial charge in [-0.2, -0.15) is 0 Å². The molecule has 1 aromatic carbocycles. The zero-order valence-electron chi connectivity index (χ0n) is 10.0. The van der Waals surface area contributed by atoms with E-state index in [9.17, 15) is 13.2 Å². The van der Waals surface area contributed by atoms with Crippen LogP contribution in [-0.4, -0.2) is 38.3 Å². The van der Waals surface area contributed by atoms with Gasteiger partial charge >= 0.3 is 5.97 Å². The molecule has 0 saturated carbocycles. The highest BCUT2D eigenvalue weighted by atomic mass is 32.2. The van der Waals surface area contributed by atoms with Crippen LogP contribution in [0.1, 0.15) is 6.92 Å². The van der Waals surface area contributed by atoms with Gasteiger partial charge in [0.2, 0.25) is 0 Å². The van der Waals surface area contributed by atoms with Crippen molar-refractivity contribution in [1.82, 2.24) is 0 Å². The minimum Gasteiger partial charge on any atom is -0.481 e. The lowest BCUT2D eigenvalue weighted by atomic mass is 10.00. The second-order valence-corrected chi connectivity index (χ2v) is 6.56. The molecule has 1 saturated heterocycles. The predicted octanol–water partition coefficient (Wildman–Crippen LogP) is 1.00. The number of carbonyl (C=O) groups is 1. The largest absolute Gasteiger partial charge is 0.481 e. The highest BCUT2D eigenvalue weighted by molar-refractivity contribution is 7.91. The molecule has 1 N–H and O–H groups in total. The van der Waals surface area contributed by atoms with Gasteiger partial charge in [0.05, 0.1) is 22.3 Å². The summed E-state index contributed by atoms with van der Waals surface area (Å²) < 4.78 is 23.9. The van der Waals surface area contributed by atoms with Gasteiger partial charge in [-0.25, -0.2) is 8.42 Å². The maximum absolute atomic E-state index is 11.9. The fraction of sp³-hybridized carbons (Fsp3) is 0.417. The van der Waals surface area contributed by atoms with Crippen LogP contribution in [0.25, 0.3) is 0 Å². The van der Waals surface area contributed by atoms with E-state index in [-0.39, 0.29) is 10.6 Å². The first-order valence-corrected chi connectivity index (χ1v) is 7.40. The van der Waals surface area contributed by atoms with Crippen molar-refractivity contribution in [3.63, 3.8) is 0 Å². The van der Waals surface area contributed by atoms with Crippen molar-refractivity contribution >= 4 is 21.5 Å². The van der Waals surface area contributed by atoms with Crippen LogP contribution in [0.5, 0.6) is 0 Å². The Morgan fingerprint density at radius 3 is 2.56 bits per heavy atom. The minimum atomic E-state index is -3.28. The van der Waals surface area contributed by atoms with E-state index in [4.69, 9.17) is 5.11 Å². The Kier molecular flexibility index (Phi) is 3.30. The first-order chi connectivity index (χ1) is 8.45. The number of sulfone groups is 1. The molecular formula is C12H15NO4S. The number of benzene rings is 1.